The number of aryl methyl sites for hydroxylation is 1. The molecule has 2 saturated heterocycles. The fourth-order valence-corrected chi connectivity index (χ4v) is 3.73. The molecule has 2 amide bonds. The summed E-state index contributed by atoms with van der Waals surface area (Å²) in [4.78, 5) is 28.3. The van der Waals surface area contributed by atoms with Crippen molar-refractivity contribution in [2.24, 2.45) is 5.41 Å². The van der Waals surface area contributed by atoms with E-state index in [1.54, 1.807) is 6.07 Å². The number of aromatic nitrogens is 1. The SMILES string of the molecule is CCCc1cc(C(=O)N2CCC3(CC2)CC(=O)N(CC)C3)no1. The van der Waals surface area contributed by atoms with Crippen LogP contribution in [0.2, 0.25) is 0 Å². The molecule has 0 unspecified atom stereocenters. The average molecular weight is 319 g/mol. The van der Waals surface area contributed by atoms with Gasteiger partial charge in [0.15, 0.2) is 5.69 Å². The molecule has 6 nitrogen and oxygen atoms in total. The number of carbonyl (C=O) groups is 2. The molecule has 0 aliphatic carbocycles. The Morgan fingerprint density at radius 1 is 1.35 bits per heavy atom. The highest BCUT2D eigenvalue weighted by atomic mass is 16.5. The Morgan fingerprint density at radius 2 is 2.09 bits per heavy atom. The molecule has 126 valence electrons. The predicted octanol–water partition coefficient (Wildman–Crippen LogP) is 2.10. The van der Waals surface area contributed by atoms with E-state index in [4.69, 9.17) is 4.52 Å². The number of hydrogen-bond donors (Lipinski definition) is 0. The molecule has 2 fully saturated rings. The van der Waals surface area contributed by atoms with Gasteiger partial charge in [0.1, 0.15) is 5.76 Å². The van der Waals surface area contributed by atoms with Crippen LogP contribution in [-0.2, 0) is 11.2 Å². The largest absolute Gasteiger partial charge is 0.361 e. The highest BCUT2D eigenvalue weighted by Crippen LogP contribution is 2.41. The van der Waals surface area contributed by atoms with Crippen molar-refractivity contribution in [1.82, 2.24) is 15.0 Å². The topological polar surface area (TPSA) is 66.7 Å². The Bertz CT molecular complexity index is 588. The first-order valence-corrected chi connectivity index (χ1v) is 8.59. The van der Waals surface area contributed by atoms with E-state index in [1.807, 2.05) is 16.7 Å². The molecule has 6 heteroatoms. The lowest BCUT2D eigenvalue weighted by molar-refractivity contribution is -0.127. The minimum Gasteiger partial charge on any atom is -0.361 e. The van der Waals surface area contributed by atoms with Crippen LogP contribution in [0.25, 0.3) is 0 Å². The van der Waals surface area contributed by atoms with Crippen molar-refractivity contribution < 1.29 is 14.1 Å². The number of likely N-dealkylation sites (tertiary alicyclic amines) is 2. The Hall–Kier alpha value is -1.85. The smallest absolute Gasteiger partial charge is 0.276 e. The number of rotatable bonds is 4. The normalized spacial score (nSPS) is 20.5. The zero-order chi connectivity index (χ0) is 16.4. The lowest BCUT2D eigenvalue weighted by atomic mass is 9.77. The first-order chi connectivity index (χ1) is 11.1. The van der Waals surface area contributed by atoms with Crippen molar-refractivity contribution in [3.8, 4) is 0 Å². The summed E-state index contributed by atoms with van der Waals surface area (Å²) in [5, 5.41) is 3.91. The summed E-state index contributed by atoms with van der Waals surface area (Å²) < 4.78 is 5.20. The van der Waals surface area contributed by atoms with Gasteiger partial charge in [0, 0.05) is 50.5 Å². The lowest BCUT2D eigenvalue weighted by Crippen LogP contribution is -2.44. The van der Waals surface area contributed by atoms with Gasteiger partial charge in [-0.15, -0.1) is 0 Å². The van der Waals surface area contributed by atoms with E-state index in [0.717, 1.165) is 44.5 Å². The molecular weight excluding hydrogens is 294 g/mol. The van der Waals surface area contributed by atoms with Crippen LogP contribution in [0.15, 0.2) is 10.6 Å². The molecule has 0 N–H and O–H groups in total. The molecule has 0 saturated carbocycles. The van der Waals surface area contributed by atoms with Gasteiger partial charge in [0.25, 0.3) is 5.91 Å². The standard InChI is InChI=1S/C17H25N3O3/c1-3-5-13-10-14(18-23-13)16(22)20-8-6-17(7-9-20)11-15(21)19(4-2)12-17/h10H,3-9,11-12H2,1-2H3. The summed E-state index contributed by atoms with van der Waals surface area (Å²) >= 11 is 0. The summed E-state index contributed by atoms with van der Waals surface area (Å²) in [5.41, 5.74) is 0.475. The van der Waals surface area contributed by atoms with Crippen molar-refractivity contribution in [3.05, 3.63) is 17.5 Å². The van der Waals surface area contributed by atoms with Crippen LogP contribution in [0, 0.1) is 5.41 Å². The fraction of sp³-hybridized carbons (Fsp3) is 0.706. The van der Waals surface area contributed by atoms with Crippen LogP contribution in [-0.4, -0.2) is 52.9 Å². The van der Waals surface area contributed by atoms with Crippen LogP contribution >= 0.6 is 0 Å². The quantitative estimate of drug-likeness (QED) is 0.852. The number of amides is 2. The maximum atomic E-state index is 12.5. The van der Waals surface area contributed by atoms with Gasteiger partial charge in [-0.25, -0.2) is 0 Å². The third kappa shape index (κ3) is 3.12. The van der Waals surface area contributed by atoms with E-state index in [1.165, 1.54) is 0 Å². The van der Waals surface area contributed by atoms with Gasteiger partial charge in [-0.3, -0.25) is 9.59 Å². The Morgan fingerprint density at radius 3 is 2.70 bits per heavy atom. The third-order valence-electron chi connectivity index (χ3n) is 5.17. The average Bonchev–Trinajstić information content (AvgIpc) is 3.13. The van der Waals surface area contributed by atoms with Gasteiger partial charge in [-0.05, 0) is 26.2 Å². The molecular formula is C17H25N3O3. The maximum absolute atomic E-state index is 12.5. The van der Waals surface area contributed by atoms with E-state index < -0.39 is 0 Å². The monoisotopic (exact) mass is 319 g/mol. The van der Waals surface area contributed by atoms with Gasteiger partial charge in [0.05, 0.1) is 0 Å². The molecule has 1 spiro atoms. The van der Waals surface area contributed by atoms with Crippen LogP contribution in [0.1, 0.15) is 55.8 Å². The molecule has 2 aliphatic rings. The molecule has 0 radical (unpaired) electrons. The van der Waals surface area contributed by atoms with Gasteiger partial charge in [0.2, 0.25) is 5.91 Å². The maximum Gasteiger partial charge on any atom is 0.276 e. The number of carbonyl (C=O) groups excluding carboxylic acids is 2. The minimum atomic E-state index is -0.0531. The van der Waals surface area contributed by atoms with E-state index in [9.17, 15) is 9.59 Å². The molecule has 1 aromatic heterocycles. The van der Waals surface area contributed by atoms with Crippen molar-refractivity contribution in [2.45, 2.75) is 46.0 Å². The molecule has 1 aromatic rings. The minimum absolute atomic E-state index is 0.0531. The molecule has 23 heavy (non-hydrogen) atoms. The second kappa shape index (κ2) is 6.34. The Kier molecular flexibility index (Phi) is 4.41. The molecule has 0 bridgehead atoms. The van der Waals surface area contributed by atoms with E-state index in [-0.39, 0.29) is 17.2 Å². The highest BCUT2D eigenvalue weighted by molar-refractivity contribution is 5.92. The predicted molar refractivity (Wildman–Crippen MR) is 84.9 cm³/mol. The molecule has 0 atom stereocenters. The van der Waals surface area contributed by atoms with Crippen molar-refractivity contribution in [3.63, 3.8) is 0 Å². The molecule has 2 aliphatic heterocycles. The fourth-order valence-electron chi connectivity index (χ4n) is 3.73. The van der Waals surface area contributed by atoms with Crippen LogP contribution in [0.5, 0.6) is 0 Å². The van der Waals surface area contributed by atoms with Gasteiger partial charge in [-0.1, -0.05) is 12.1 Å². The summed E-state index contributed by atoms with van der Waals surface area (Å²) in [5.74, 6) is 0.972. The Balaban J connectivity index is 1.60. The first kappa shape index (κ1) is 16.0. The van der Waals surface area contributed by atoms with Gasteiger partial charge in [-0.2, -0.15) is 0 Å². The van der Waals surface area contributed by atoms with Crippen molar-refractivity contribution >= 4 is 11.8 Å². The summed E-state index contributed by atoms with van der Waals surface area (Å²) in [6.45, 7) is 7.10. The van der Waals surface area contributed by atoms with Crippen molar-refractivity contribution in [2.75, 3.05) is 26.2 Å². The highest BCUT2D eigenvalue weighted by Gasteiger charge is 2.45. The van der Waals surface area contributed by atoms with Crippen LogP contribution in [0.3, 0.4) is 0 Å². The van der Waals surface area contributed by atoms with Crippen molar-refractivity contribution in [1.29, 1.82) is 0 Å². The number of hydrogen-bond acceptors (Lipinski definition) is 4. The van der Waals surface area contributed by atoms with Crippen LogP contribution in [0.4, 0.5) is 0 Å². The lowest BCUT2D eigenvalue weighted by Gasteiger charge is -2.38. The first-order valence-electron chi connectivity index (χ1n) is 8.59. The Labute approximate surface area is 136 Å². The molecule has 3 heterocycles. The second-order valence-corrected chi connectivity index (χ2v) is 6.81. The zero-order valence-corrected chi connectivity index (χ0v) is 14.0. The molecule has 0 aromatic carbocycles. The number of nitrogens with zero attached hydrogens (tertiary/aromatic N) is 3. The summed E-state index contributed by atoms with van der Waals surface area (Å²) in [6.07, 6.45) is 4.18. The summed E-state index contributed by atoms with van der Waals surface area (Å²) in [6, 6.07) is 1.76. The zero-order valence-electron chi connectivity index (χ0n) is 14.0. The third-order valence-corrected chi connectivity index (χ3v) is 5.17. The van der Waals surface area contributed by atoms with Gasteiger partial charge < -0.3 is 14.3 Å². The van der Waals surface area contributed by atoms with E-state index >= 15 is 0 Å². The summed E-state index contributed by atoms with van der Waals surface area (Å²) in [7, 11) is 0. The second-order valence-electron chi connectivity index (χ2n) is 6.81. The molecule has 3 rings (SSSR count). The number of piperidine rings is 1. The van der Waals surface area contributed by atoms with Gasteiger partial charge >= 0.3 is 0 Å². The van der Waals surface area contributed by atoms with Crippen LogP contribution < -0.4 is 0 Å². The van der Waals surface area contributed by atoms with E-state index in [0.29, 0.717) is 25.2 Å². The van der Waals surface area contributed by atoms with E-state index in [2.05, 4.69) is 12.1 Å².